The molecule has 0 aromatic heterocycles. The molecule has 2 N–H and O–H groups in total. The fourth-order valence-corrected chi connectivity index (χ4v) is 2.07. The first-order chi connectivity index (χ1) is 6.65. The van der Waals surface area contributed by atoms with Gasteiger partial charge in [-0.15, -0.1) is 0 Å². The number of methoxy groups -OCH3 is 1. The Labute approximate surface area is 85.4 Å². The zero-order valence-electron chi connectivity index (χ0n) is 9.03. The summed E-state index contributed by atoms with van der Waals surface area (Å²) in [6.45, 7) is 5.05. The number of esters is 1. The molecule has 14 heavy (non-hydrogen) atoms. The van der Waals surface area contributed by atoms with Crippen molar-refractivity contribution in [1.29, 1.82) is 0 Å². The smallest absolute Gasteiger partial charge is 0.305 e. The Morgan fingerprint density at radius 1 is 1.57 bits per heavy atom. The molecule has 0 amide bonds. The second-order valence-corrected chi connectivity index (χ2v) is 3.99. The number of rotatable bonds is 3. The van der Waals surface area contributed by atoms with Gasteiger partial charge in [0.05, 0.1) is 7.11 Å². The van der Waals surface area contributed by atoms with Gasteiger partial charge in [-0.05, 0) is 18.9 Å². The number of hydrogen-bond acceptors (Lipinski definition) is 4. The molecule has 0 spiro atoms. The summed E-state index contributed by atoms with van der Waals surface area (Å²) >= 11 is 0. The number of ether oxygens (including phenoxy) is 1. The molecule has 1 heterocycles. The lowest BCUT2D eigenvalue weighted by Crippen LogP contribution is -2.47. The Balaban J connectivity index is 2.40. The number of piperidine rings is 1. The highest BCUT2D eigenvalue weighted by Gasteiger charge is 2.25. The lowest BCUT2D eigenvalue weighted by Gasteiger charge is -2.35. The lowest BCUT2D eigenvalue weighted by atomic mass is 9.92. The number of nitrogens with zero attached hydrogens (tertiary/aromatic N) is 1. The predicted molar refractivity (Wildman–Crippen MR) is 54.8 cm³/mol. The topological polar surface area (TPSA) is 55.6 Å². The molecule has 0 bridgehead atoms. The number of nitrogens with two attached hydrogens (primary N) is 1. The summed E-state index contributed by atoms with van der Waals surface area (Å²) in [5.41, 5.74) is 5.91. The van der Waals surface area contributed by atoms with Gasteiger partial charge >= 0.3 is 5.97 Å². The first-order valence-electron chi connectivity index (χ1n) is 5.20. The predicted octanol–water partition coefficient (Wildman–Crippen LogP) is 0.219. The number of likely N-dealkylation sites (tertiary alicyclic amines) is 1. The molecule has 2 atom stereocenters. The highest BCUT2D eigenvalue weighted by Crippen LogP contribution is 2.19. The van der Waals surface area contributed by atoms with E-state index in [1.807, 2.05) is 0 Å². The Kier molecular flexibility index (Phi) is 4.35. The van der Waals surface area contributed by atoms with E-state index in [2.05, 4.69) is 16.6 Å². The molecule has 1 fully saturated rings. The molecule has 1 saturated heterocycles. The average molecular weight is 200 g/mol. The minimum Gasteiger partial charge on any atom is -0.469 e. The average Bonchev–Trinajstić information content (AvgIpc) is 2.16. The van der Waals surface area contributed by atoms with Crippen LogP contribution in [0.15, 0.2) is 0 Å². The van der Waals surface area contributed by atoms with E-state index in [4.69, 9.17) is 5.73 Å². The molecule has 1 aliphatic rings. The van der Waals surface area contributed by atoms with Gasteiger partial charge < -0.3 is 15.4 Å². The molecule has 4 nitrogen and oxygen atoms in total. The van der Waals surface area contributed by atoms with E-state index >= 15 is 0 Å². The van der Waals surface area contributed by atoms with Crippen LogP contribution >= 0.6 is 0 Å². The minimum atomic E-state index is -0.125. The molecule has 82 valence electrons. The zero-order valence-corrected chi connectivity index (χ0v) is 9.03. The normalized spacial score (nSPS) is 28.8. The quantitative estimate of drug-likeness (QED) is 0.662. The monoisotopic (exact) mass is 200 g/mol. The van der Waals surface area contributed by atoms with Crippen LogP contribution < -0.4 is 5.73 Å². The van der Waals surface area contributed by atoms with Gasteiger partial charge in [-0.1, -0.05) is 6.92 Å². The van der Waals surface area contributed by atoms with Gasteiger partial charge in [-0.3, -0.25) is 4.79 Å². The third-order valence-corrected chi connectivity index (χ3v) is 2.78. The molecule has 1 aliphatic heterocycles. The van der Waals surface area contributed by atoms with E-state index in [-0.39, 0.29) is 12.0 Å². The zero-order chi connectivity index (χ0) is 10.6. The minimum absolute atomic E-state index is 0.125. The van der Waals surface area contributed by atoms with Crippen molar-refractivity contribution in [1.82, 2.24) is 4.90 Å². The fourth-order valence-electron chi connectivity index (χ4n) is 2.07. The standard InChI is InChI=1S/C10H20N2O2/c1-3-12-6-8(4-9(11)7-12)5-10(13)14-2/h8-9H,3-7,11H2,1-2H3. The third kappa shape index (κ3) is 3.27. The SMILES string of the molecule is CCN1CC(N)CC(CC(=O)OC)C1. The van der Waals surface area contributed by atoms with E-state index < -0.39 is 0 Å². The molecule has 0 aromatic carbocycles. The van der Waals surface area contributed by atoms with Gasteiger partial charge in [0.25, 0.3) is 0 Å². The van der Waals surface area contributed by atoms with Crippen LogP contribution in [0.3, 0.4) is 0 Å². The molecule has 0 radical (unpaired) electrons. The van der Waals surface area contributed by atoms with E-state index in [0.29, 0.717) is 12.3 Å². The lowest BCUT2D eigenvalue weighted by molar-refractivity contribution is -0.142. The van der Waals surface area contributed by atoms with Crippen LogP contribution in [-0.2, 0) is 9.53 Å². The molecule has 0 aliphatic carbocycles. The van der Waals surface area contributed by atoms with Crippen molar-refractivity contribution in [3.63, 3.8) is 0 Å². The van der Waals surface area contributed by atoms with Crippen molar-refractivity contribution in [2.75, 3.05) is 26.7 Å². The molecular weight excluding hydrogens is 180 g/mol. The van der Waals surface area contributed by atoms with E-state index in [0.717, 1.165) is 26.1 Å². The van der Waals surface area contributed by atoms with Gasteiger partial charge in [0.1, 0.15) is 0 Å². The molecule has 0 aromatic rings. The highest BCUT2D eigenvalue weighted by atomic mass is 16.5. The number of carbonyl (C=O) groups excluding carboxylic acids is 1. The molecule has 2 unspecified atom stereocenters. The largest absolute Gasteiger partial charge is 0.469 e. The van der Waals surface area contributed by atoms with Crippen LogP contribution in [0.4, 0.5) is 0 Å². The van der Waals surface area contributed by atoms with Crippen molar-refractivity contribution in [2.45, 2.75) is 25.8 Å². The van der Waals surface area contributed by atoms with E-state index in [1.54, 1.807) is 0 Å². The number of carbonyl (C=O) groups is 1. The molecule has 4 heteroatoms. The summed E-state index contributed by atoms with van der Waals surface area (Å²) < 4.78 is 4.66. The Morgan fingerprint density at radius 2 is 2.29 bits per heavy atom. The summed E-state index contributed by atoms with van der Waals surface area (Å²) in [7, 11) is 1.43. The summed E-state index contributed by atoms with van der Waals surface area (Å²) in [5.74, 6) is 0.242. The maximum Gasteiger partial charge on any atom is 0.305 e. The summed E-state index contributed by atoms with van der Waals surface area (Å²) in [4.78, 5) is 13.4. The van der Waals surface area contributed by atoms with Crippen LogP contribution in [0, 0.1) is 5.92 Å². The van der Waals surface area contributed by atoms with Crippen LogP contribution in [0.2, 0.25) is 0 Å². The van der Waals surface area contributed by atoms with Crippen LogP contribution in [0.25, 0.3) is 0 Å². The molecular formula is C10H20N2O2. The van der Waals surface area contributed by atoms with Gasteiger partial charge in [-0.25, -0.2) is 0 Å². The third-order valence-electron chi connectivity index (χ3n) is 2.78. The fraction of sp³-hybridized carbons (Fsp3) is 0.900. The van der Waals surface area contributed by atoms with Crippen molar-refractivity contribution < 1.29 is 9.53 Å². The second-order valence-electron chi connectivity index (χ2n) is 3.99. The maximum atomic E-state index is 11.1. The highest BCUT2D eigenvalue weighted by molar-refractivity contribution is 5.69. The van der Waals surface area contributed by atoms with Crippen molar-refractivity contribution in [3.05, 3.63) is 0 Å². The number of likely N-dealkylation sites (N-methyl/N-ethyl adjacent to an activating group) is 1. The molecule has 1 rings (SSSR count). The van der Waals surface area contributed by atoms with Crippen LogP contribution in [0.1, 0.15) is 19.8 Å². The van der Waals surface area contributed by atoms with Gasteiger partial charge in [-0.2, -0.15) is 0 Å². The summed E-state index contributed by atoms with van der Waals surface area (Å²) in [6.07, 6.45) is 1.44. The first kappa shape index (κ1) is 11.5. The van der Waals surface area contributed by atoms with Crippen molar-refractivity contribution >= 4 is 5.97 Å². The summed E-state index contributed by atoms with van der Waals surface area (Å²) in [6, 6.07) is 0.207. The molecule has 0 saturated carbocycles. The van der Waals surface area contributed by atoms with Gasteiger partial charge in [0.2, 0.25) is 0 Å². The van der Waals surface area contributed by atoms with Crippen LogP contribution in [0.5, 0.6) is 0 Å². The van der Waals surface area contributed by atoms with Crippen molar-refractivity contribution in [2.24, 2.45) is 11.7 Å². The summed E-state index contributed by atoms with van der Waals surface area (Å²) in [5, 5.41) is 0. The van der Waals surface area contributed by atoms with Gasteiger partial charge in [0.15, 0.2) is 0 Å². The Bertz CT molecular complexity index is 197. The van der Waals surface area contributed by atoms with Crippen molar-refractivity contribution in [3.8, 4) is 0 Å². The second kappa shape index (κ2) is 5.32. The van der Waals surface area contributed by atoms with Crippen LogP contribution in [-0.4, -0.2) is 43.7 Å². The maximum absolute atomic E-state index is 11.1. The Hall–Kier alpha value is -0.610. The Morgan fingerprint density at radius 3 is 2.86 bits per heavy atom. The van der Waals surface area contributed by atoms with E-state index in [1.165, 1.54) is 7.11 Å². The number of hydrogen-bond donors (Lipinski definition) is 1. The van der Waals surface area contributed by atoms with E-state index in [9.17, 15) is 4.79 Å². The van der Waals surface area contributed by atoms with Gasteiger partial charge in [0, 0.05) is 25.6 Å². The first-order valence-corrected chi connectivity index (χ1v) is 5.20.